The zero-order valence-electron chi connectivity index (χ0n) is 9.22. The third-order valence-corrected chi connectivity index (χ3v) is 3.60. The van der Waals surface area contributed by atoms with Gasteiger partial charge in [0.05, 0.1) is 0 Å². The maximum absolute atomic E-state index is 12.3. The van der Waals surface area contributed by atoms with Crippen LogP contribution in [0.4, 0.5) is 13.2 Å². The molecule has 0 aliphatic heterocycles. The van der Waals surface area contributed by atoms with Crippen molar-refractivity contribution in [3.8, 4) is 0 Å². The normalized spacial score (nSPS) is 13.4. The number of carbonyl (C=O) groups is 1. The SMILES string of the molecule is CC(=O)C(Cl)c1cc(CCl)cc(SC(F)(F)F)c1. The van der Waals surface area contributed by atoms with Crippen molar-refractivity contribution < 1.29 is 18.0 Å². The monoisotopic (exact) mass is 316 g/mol. The van der Waals surface area contributed by atoms with Gasteiger partial charge in [-0.25, -0.2) is 0 Å². The molecule has 1 rings (SSSR count). The van der Waals surface area contributed by atoms with Gasteiger partial charge in [-0.05, 0) is 41.9 Å². The smallest absolute Gasteiger partial charge is 0.298 e. The predicted molar refractivity (Wildman–Crippen MR) is 67.2 cm³/mol. The number of hydrogen-bond donors (Lipinski definition) is 0. The first-order valence-corrected chi connectivity index (χ1v) is 6.62. The highest BCUT2D eigenvalue weighted by Crippen LogP contribution is 2.39. The number of carbonyl (C=O) groups excluding carboxylic acids is 1. The lowest BCUT2D eigenvalue weighted by molar-refractivity contribution is -0.116. The quantitative estimate of drug-likeness (QED) is 0.580. The highest BCUT2D eigenvalue weighted by atomic mass is 35.5. The van der Waals surface area contributed by atoms with Crippen LogP contribution in [-0.2, 0) is 10.7 Å². The summed E-state index contributed by atoms with van der Waals surface area (Å²) in [4.78, 5) is 11.1. The van der Waals surface area contributed by atoms with Crippen molar-refractivity contribution in [3.63, 3.8) is 0 Å². The Balaban J connectivity index is 3.13. The fourth-order valence-corrected chi connectivity index (χ4v) is 2.29. The maximum atomic E-state index is 12.3. The minimum absolute atomic E-state index is 0.0254. The Morgan fingerprint density at radius 2 is 2.00 bits per heavy atom. The second-order valence-corrected chi connectivity index (χ2v) is 5.41. The first kappa shape index (κ1) is 15.7. The number of Topliss-reactive ketones (excluding diaryl/α,β-unsaturated/α-hetero) is 1. The Hall–Kier alpha value is -0.390. The average Bonchev–Trinajstić information content (AvgIpc) is 2.24. The molecule has 1 atom stereocenters. The highest BCUT2D eigenvalue weighted by molar-refractivity contribution is 8.00. The molecule has 1 aromatic rings. The first-order valence-electron chi connectivity index (χ1n) is 4.83. The summed E-state index contributed by atoms with van der Waals surface area (Å²) in [6.45, 7) is 1.28. The van der Waals surface area contributed by atoms with Crippen molar-refractivity contribution in [2.45, 2.75) is 28.6 Å². The Bertz CT molecular complexity index is 448. The van der Waals surface area contributed by atoms with Gasteiger partial charge >= 0.3 is 5.51 Å². The third kappa shape index (κ3) is 4.71. The molecule has 0 spiro atoms. The van der Waals surface area contributed by atoms with Crippen LogP contribution in [0.15, 0.2) is 23.1 Å². The van der Waals surface area contributed by atoms with Crippen LogP contribution in [0.2, 0.25) is 0 Å². The van der Waals surface area contributed by atoms with E-state index in [1.807, 2.05) is 0 Å². The van der Waals surface area contributed by atoms with Crippen LogP contribution in [0.5, 0.6) is 0 Å². The van der Waals surface area contributed by atoms with E-state index in [2.05, 4.69) is 0 Å². The standard InChI is InChI=1S/C11H9Cl2F3OS/c1-6(17)10(13)8-2-7(5-12)3-9(4-8)18-11(14,15)16/h2-4,10H,5H2,1H3. The van der Waals surface area contributed by atoms with E-state index in [1.165, 1.54) is 25.1 Å². The van der Waals surface area contributed by atoms with Gasteiger partial charge in [0.25, 0.3) is 0 Å². The van der Waals surface area contributed by atoms with Crippen molar-refractivity contribution >= 4 is 40.7 Å². The number of benzene rings is 1. The van der Waals surface area contributed by atoms with E-state index in [4.69, 9.17) is 23.2 Å². The molecule has 0 radical (unpaired) electrons. The second-order valence-electron chi connectivity index (χ2n) is 3.56. The second kappa shape index (κ2) is 6.17. The molecule has 0 bridgehead atoms. The van der Waals surface area contributed by atoms with Crippen molar-refractivity contribution in [2.75, 3.05) is 0 Å². The molecular formula is C11H9Cl2F3OS. The highest BCUT2D eigenvalue weighted by Gasteiger charge is 2.30. The Morgan fingerprint density at radius 1 is 1.39 bits per heavy atom. The van der Waals surface area contributed by atoms with E-state index in [-0.39, 0.29) is 28.3 Å². The van der Waals surface area contributed by atoms with Crippen LogP contribution in [-0.4, -0.2) is 11.3 Å². The van der Waals surface area contributed by atoms with Crippen LogP contribution in [0.1, 0.15) is 23.4 Å². The minimum atomic E-state index is -4.39. The van der Waals surface area contributed by atoms with Crippen LogP contribution in [0, 0.1) is 0 Å². The van der Waals surface area contributed by atoms with Crippen LogP contribution >= 0.6 is 35.0 Å². The molecule has 0 N–H and O–H groups in total. The molecular weight excluding hydrogens is 308 g/mol. The lowest BCUT2D eigenvalue weighted by atomic mass is 10.1. The molecule has 1 nitrogen and oxygen atoms in total. The lowest BCUT2D eigenvalue weighted by Gasteiger charge is -2.12. The van der Waals surface area contributed by atoms with Gasteiger partial charge in [0.15, 0.2) is 5.78 Å². The van der Waals surface area contributed by atoms with Crippen LogP contribution in [0.3, 0.4) is 0 Å². The molecule has 1 aromatic carbocycles. The molecule has 0 amide bonds. The number of alkyl halides is 5. The van der Waals surface area contributed by atoms with Gasteiger partial charge < -0.3 is 0 Å². The maximum Gasteiger partial charge on any atom is 0.446 e. The Kier molecular flexibility index (Phi) is 5.37. The Labute approximate surface area is 117 Å². The summed E-state index contributed by atoms with van der Waals surface area (Å²) >= 11 is 11.2. The summed E-state index contributed by atoms with van der Waals surface area (Å²) < 4.78 is 36.9. The molecule has 0 aliphatic carbocycles. The van der Waals surface area contributed by atoms with Crippen LogP contribution < -0.4 is 0 Å². The van der Waals surface area contributed by atoms with Gasteiger partial charge in [-0.2, -0.15) is 13.2 Å². The van der Waals surface area contributed by atoms with E-state index in [0.29, 0.717) is 11.1 Å². The molecule has 7 heteroatoms. The number of halogens is 5. The summed E-state index contributed by atoms with van der Waals surface area (Å²) in [5.74, 6) is -0.271. The average molecular weight is 317 g/mol. The molecule has 0 heterocycles. The molecule has 0 saturated heterocycles. The van der Waals surface area contributed by atoms with E-state index in [1.54, 1.807) is 0 Å². The van der Waals surface area contributed by atoms with E-state index in [9.17, 15) is 18.0 Å². The van der Waals surface area contributed by atoms with E-state index >= 15 is 0 Å². The number of ketones is 1. The molecule has 0 aliphatic rings. The van der Waals surface area contributed by atoms with Crippen LogP contribution in [0.25, 0.3) is 0 Å². The number of hydrogen-bond acceptors (Lipinski definition) is 2. The van der Waals surface area contributed by atoms with Crippen molar-refractivity contribution in [3.05, 3.63) is 29.3 Å². The molecule has 0 fully saturated rings. The van der Waals surface area contributed by atoms with Gasteiger partial charge in [0.1, 0.15) is 5.38 Å². The zero-order valence-corrected chi connectivity index (χ0v) is 11.6. The lowest BCUT2D eigenvalue weighted by Crippen LogP contribution is -2.04. The van der Waals surface area contributed by atoms with Crippen molar-refractivity contribution in [1.82, 2.24) is 0 Å². The summed E-state index contributed by atoms with van der Waals surface area (Å²) in [6, 6.07) is 4.12. The summed E-state index contributed by atoms with van der Waals surface area (Å²) in [5, 5.41) is -0.958. The van der Waals surface area contributed by atoms with Gasteiger partial charge in [0.2, 0.25) is 0 Å². The van der Waals surface area contributed by atoms with Gasteiger partial charge in [-0.1, -0.05) is 6.07 Å². The molecule has 0 aromatic heterocycles. The summed E-state index contributed by atoms with van der Waals surface area (Å²) in [7, 11) is 0. The van der Waals surface area contributed by atoms with Gasteiger partial charge in [-0.3, -0.25) is 4.79 Å². The fraction of sp³-hybridized carbons (Fsp3) is 0.364. The van der Waals surface area contributed by atoms with Crippen molar-refractivity contribution in [1.29, 1.82) is 0 Å². The predicted octanol–water partition coefficient (Wildman–Crippen LogP) is 4.91. The number of rotatable bonds is 4. The van der Waals surface area contributed by atoms with Crippen molar-refractivity contribution in [2.24, 2.45) is 0 Å². The van der Waals surface area contributed by atoms with E-state index in [0.717, 1.165) is 0 Å². The van der Waals surface area contributed by atoms with Gasteiger partial charge in [-0.15, -0.1) is 23.2 Å². The third-order valence-electron chi connectivity index (χ3n) is 2.03. The molecule has 1 unspecified atom stereocenters. The fourth-order valence-electron chi connectivity index (χ4n) is 1.34. The topological polar surface area (TPSA) is 17.1 Å². The summed E-state index contributed by atoms with van der Waals surface area (Å²) in [5.41, 5.74) is -3.57. The molecule has 0 saturated carbocycles. The molecule has 18 heavy (non-hydrogen) atoms. The van der Waals surface area contributed by atoms with E-state index < -0.39 is 10.9 Å². The number of thioether (sulfide) groups is 1. The summed E-state index contributed by atoms with van der Waals surface area (Å²) in [6.07, 6.45) is 0. The largest absolute Gasteiger partial charge is 0.446 e. The molecule has 100 valence electrons. The first-order chi connectivity index (χ1) is 8.23. The Morgan fingerprint density at radius 3 is 2.44 bits per heavy atom. The van der Waals surface area contributed by atoms with Gasteiger partial charge in [0, 0.05) is 10.8 Å². The minimum Gasteiger partial charge on any atom is -0.298 e. The zero-order chi connectivity index (χ0) is 13.9.